The zero-order valence-electron chi connectivity index (χ0n) is 14.5. The zero-order chi connectivity index (χ0) is 17.9. The number of rotatable bonds is 5. The van der Waals surface area contributed by atoms with Crippen LogP contribution in [0.5, 0.6) is 0 Å². The summed E-state index contributed by atoms with van der Waals surface area (Å²) in [6.07, 6.45) is 4.40. The van der Waals surface area contributed by atoms with E-state index in [1.165, 1.54) is 5.56 Å². The van der Waals surface area contributed by atoms with Crippen LogP contribution in [0.1, 0.15) is 17.5 Å². The van der Waals surface area contributed by atoms with Gasteiger partial charge in [0, 0.05) is 43.6 Å². The first-order valence-corrected chi connectivity index (χ1v) is 9.34. The molecule has 0 aliphatic carbocycles. The maximum absolute atomic E-state index is 12.6. The average molecular weight is 372 g/mol. The number of carbonyl (C=O) groups excluding carboxylic acids is 1. The van der Waals surface area contributed by atoms with Crippen LogP contribution < -0.4 is 5.32 Å². The summed E-state index contributed by atoms with van der Waals surface area (Å²) in [6.45, 7) is 3.02. The molecule has 6 heteroatoms. The van der Waals surface area contributed by atoms with E-state index in [1.54, 1.807) is 12.4 Å². The zero-order valence-corrected chi connectivity index (χ0v) is 15.2. The quantitative estimate of drug-likeness (QED) is 0.877. The molecule has 2 aromatic rings. The predicted octanol–water partition coefficient (Wildman–Crippen LogP) is 2.64. The van der Waals surface area contributed by atoms with Gasteiger partial charge in [-0.1, -0.05) is 29.8 Å². The van der Waals surface area contributed by atoms with Crippen molar-refractivity contribution in [3.63, 3.8) is 0 Å². The van der Waals surface area contributed by atoms with Gasteiger partial charge in [-0.2, -0.15) is 0 Å². The number of likely N-dealkylation sites (tertiary alicyclic amines) is 1. The van der Waals surface area contributed by atoms with Crippen LogP contribution in [0.2, 0.25) is 5.02 Å². The third kappa shape index (κ3) is 4.06. The number of aromatic nitrogens is 1. The van der Waals surface area contributed by atoms with Gasteiger partial charge in [-0.25, -0.2) is 0 Å². The van der Waals surface area contributed by atoms with Crippen LogP contribution in [0.25, 0.3) is 0 Å². The van der Waals surface area contributed by atoms with Crippen LogP contribution in [-0.4, -0.2) is 41.1 Å². The predicted molar refractivity (Wildman–Crippen MR) is 99.6 cm³/mol. The molecule has 2 bridgehead atoms. The Morgan fingerprint density at radius 3 is 2.85 bits per heavy atom. The molecule has 5 nitrogen and oxygen atoms in total. The maximum Gasteiger partial charge on any atom is 0.226 e. The molecule has 3 atom stereocenters. The molecule has 0 spiro atoms. The van der Waals surface area contributed by atoms with Gasteiger partial charge in [0.05, 0.1) is 18.1 Å². The van der Waals surface area contributed by atoms with Crippen molar-refractivity contribution in [2.24, 2.45) is 5.92 Å². The number of morpholine rings is 1. The highest BCUT2D eigenvalue weighted by Gasteiger charge is 2.44. The van der Waals surface area contributed by atoms with Crippen LogP contribution in [0.15, 0.2) is 48.8 Å². The third-order valence-corrected chi connectivity index (χ3v) is 5.33. The highest BCUT2D eigenvalue weighted by molar-refractivity contribution is 6.30. The summed E-state index contributed by atoms with van der Waals surface area (Å²) in [5, 5.41) is 3.78. The number of carbonyl (C=O) groups is 1. The van der Waals surface area contributed by atoms with Gasteiger partial charge >= 0.3 is 0 Å². The number of hydrogen-bond acceptors (Lipinski definition) is 4. The smallest absolute Gasteiger partial charge is 0.226 e. The molecule has 0 saturated carbocycles. The van der Waals surface area contributed by atoms with E-state index < -0.39 is 0 Å². The summed E-state index contributed by atoms with van der Waals surface area (Å²) in [7, 11) is 0. The van der Waals surface area contributed by atoms with Crippen LogP contribution in [0.3, 0.4) is 0 Å². The second-order valence-electron chi connectivity index (χ2n) is 7.04. The second kappa shape index (κ2) is 7.74. The minimum atomic E-state index is -0.0770. The number of pyridine rings is 1. The molecule has 2 fully saturated rings. The topological polar surface area (TPSA) is 54.5 Å². The molecule has 1 amide bonds. The summed E-state index contributed by atoms with van der Waals surface area (Å²) in [6, 6.07) is 11.8. The number of nitrogens with one attached hydrogen (secondary N) is 1. The van der Waals surface area contributed by atoms with E-state index >= 15 is 0 Å². The van der Waals surface area contributed by atoms with Crippen molar-refractivity contribution in [1.29, 1.82) is 0 Å². The molecule has 136 valence electrons. The van der Waals surface area contributed by atoms with Gasteiger partial charge in [0.25, 0.3) is 0 Å². The lowest BCUT2D eigenvalue weighted by atomic mass is 9.99. The standard InChI is InChI=1S/C20H22ClN3O2/c21-16-5-3-14(4-6-16)11-24-12-17-8-18(19(13-24)26-17)20(25)23-10-15-2-1-7-22-9-15/h1-7,9,17-19H,8,10-13H2,(H,23,25)/t17-,18+,19+/m0/s1. The van der Waals surface area contributed by atoms with Crippen molar-refractivity contribution in [2.75, 3.05) is 13.1 Å². The lowest BCUT2D eigenvalue weighted by Crippen LogP contribution is -2.44. The first kappa shape index (κ1) is 17.5. The number of benzene rings is 1. The Labute approximate surface area is 158 Å². The largest absolute Gasteiger partial charge is 0.371 e. The number of ether oxygens (including phenoxy) is 1. The minimum Gasteiger partial charge on any atom is -0.371 e. The maximum atomic E-state index is 12.6. The van der Waals surface area contributed by atoms with E-state index in [9.17, 15) is 4.79 Å². The highest BCUT2D eigenvalue weighted by atomic mass is 35.5. The monoisotopic (exact) mass is 371 g/mol. The molecular weight excluding hydrogens is 350 g/mol. The Morgan fingerprint density at radius 2 is 2.08 bits per heavy atom. The summed E-state index contributed by atoms with van der Waals surface area (Å²) in [5.74, 6) is 0.00147. The van der Waals surface area contributed by atoms with Crippen molar-refractivity contribution in [2.45, 2.75) is 31.7 Å². The molecule has 2 aliphatic rings. The number of amides is 1. The highest BCUT2D eigenvalue weighted by Crippen LogP contribution is 2.32. The average Bonchev–Trinajstić information content (AvgIpc) is 2.97. The second-order valence-corrected chi connectivity index (χ2v) is 7.47. The van der Waals surface area contributed by atoms with Gasteiger partial charge in [0.15, 0.2) is 0 Å². The lowest BCUT2D eigenvalue weighted by molar-refractivity contribution is -0.128. The van der Waals surface area contributed by atoms with Crippen LogP contribution in [0.4, 0.5) is 0 Å². The Kier molecular flexibility index (Phi) is 5.20. The third-order valence-electron chi connectivity index (χ3n) is 5.08. The molecule has 26 heavy (non-hydrogen) atoms. The minimum absolute atomic E-state index is 0.0325. The number of nitrogens with zero attached hydrogens (tertiary/aromatic N) is 2. The molecule has 2 aliphatic heterocycles. The summed E-state index contributed by atoms with van der Waals surface area (Å²) in [4.78, 5) is 19.1. The van der Waals surface area contributed by atoms with E-state index in [0.717, 1.165) is 36.6 Å². The van der Waals surface area contributed by atoms with E-state index in [4.69, 9.17) is 16.3 Å². The summed E-state index contributed by atoms with van der Waals surface area (Å²) >= 11 is 5.96. The number of hydrogen-bond donors (Lipinski definition) is 1. The molecule has 1 aromatic heterocycles. The Hall–Kier alpha value is -1.95. The fourth-order valence-electron chi connectivity index (χ4n) is 3.81. The molecule has 2 saturated heterocycles. The van der Waals surface area contributed by atoms with Crippen molar-refractivity contribution >= 4 is 17.5 Å². The molecule has 1 N–H and O–H groups in total. The van der Waals surface area contributed by atoms with Crippen LogP contribution >= 0.6 is 11.6 Å². The Balaban J connectivity index is 1.33. The SMILES string of the molecule is O=C(NCc1cccnc1)[C@@H]1C[C@H]2CN(Cc3ccc(Cl)cc3)C[C@H]1O2. The summed E-state index contributed by atoms with van der Waals surface area (Å²) < 4.78 is 6.03. The van der Waals surface area contributed by atoms with E-state index in [-0.39, 0.29) is 24.0 Å². The van der Waals surface area contributed by atoms with E-state index in [1.807, 2.05) is 24.3 Å². The van der Waals surface area contributed by atoms with Crippen molar-refractivity contribution in [3.8, 4) is 0 Å². The van der Waals surface area contributed by atoms with Crippen molar-refractivity contribution < 1.29 is 9.53 Å². The van der Waals surface area contributed by atoms with E-state index in [2.05, 4.69) is 27.3 Å². The fraction of sp³-hybridized carbons (Fsp3) is 0.400. The first-order chi connectivity index (χ1) is 12.7. The number of fused-ring (bicyclic) bond motifs is 2. The van der Waals surface area contributed by atoms with Gasteiger partial charge < -0.3 is 10.1 Å². The number of halogens is 1. The van der Waals surface area contributed by atoms with Crippen molar-refractivity contribution in [3.05, 3.63) is 64.9 Å². The summed E-state index contributed by atoms with van der Waals surface area (Å²) in [5.41, 5.74) is 2.24. The van der Waals surface area contributed by atoms with Crippen LogP contribution in [-0.2, 0) is 22.6 Å². The normalized spacial score (nSPS) is 25.2. The van der Waals surface area contributed by atoms with E-state index in [0.29, 0.717) is 6.54 Å². The van der Waals surface area contributed by atoms with Gasteiger partial charge in [-0.05, 0) is 35.7 Å². The Morgan fingerprint density at radius 1 is 1.23 bits per heavy atom. The van der Waals surface area contributed by atoms with Gasteiger partial charge in [0.2, 0.25) is 5.91 Å². The van der Waals surface area contributed by atoms with Gasteiger partial charge in [-0.3, -0.25) is 14.7 Å². The van der Waals surface area contributed by atoms with Crippen molar-refractivity contribution in [1.82, 2.24) is 15.2 Å². The molecular formula is C20H22ClN3O2. The molecule has 4 rings (SSSR count). The first-order valence-electron chi connectivity index (χ1n) is 8.96. The molecule has 0 unspecified atom stereocenters. The molecule has 3 heterocycles. The lowest BCUT2D eigenvalue weighted by Gasteiger charge is -2.32. The van der Waals surface area contributed by atoms with Gasteiger partial charge in [-0.15, -0.1) is 0 Å². The molecule has 0 radical (unpaired) electrons. The Bertz CT molecular complexity index is 753. The van der Waals surface area contributed by atoms with Crippen LogP contribution in [0, 0.1) is 5.92 Å². The van der Waals surface area contributed by atoms with Gasteiger partial charge in [0.1, 0.15) is 0 Å². The molecule has 1 aromatic carbocycles. The fourth-order valence-corrected chi connectivity index (χ4v) is 3.94.